The first-order valence-corrected chi connectivity index (χ1v) is 8.42. The molecule has 1 heterocycles. The minimum atomic E-state index is -4.38. The standard InChI is InChI=1S/C18H15F3N4OS/c1-2-26-15-6-4-3-5-14(15)16-23-24-17(27)25(16)22-11-12-7-9-13(10-8-12)18(19,20)21/h3-11H,2H2,1H3,(H,24,27)/b22-11-. The van der Waals surface area contributed by atoms with Crippen molar-refractivity contribution in [2.24, 2.45) is 5.10 Å². The largest absolute Gasteiger partial charge is 0.493 e. The number of hydrogen-bond acceptors (Lipinski definition) is 4. The highest BCUT2D eigenvalue weighted by atomic mass is 32.1. The molecule has 0 aliphatic carbocycles. The summed E-state index contributed by atoms with van der Waals surface area (Å²) in [5, 5.41) is 11.1. The summed E-state index contributed by atoms with van der Waals surface area (Å²) in [6, 6.07) is 12.0. The molecule has 0 atom stereocenters. The van der Waals surface area contributed by atoms with Gasteiger partial charge in [0.25, 0.3) is 0 Å². The van der Waals surface area contributed by atoms with Gasteiger partial charge in [-0.2, -0.15) is 28.0 Å². The van der Waals surface area contributed by atoms with Crippen LogP contribution in [0.5, 0.6) is 5.75 Å². The second-order valence-corrected chi connectivity index (χ2v) is 5.84. The number of rotatable bonds is 5. The van der Waals surface area contributed by atoms with Crippen molar-refractivity contribution in [3.05, 3.63) is 64.4 Å². The Balaban J connectivity index is 1.94. The molecule has 1 aromatic heterocycles. The number of nitrogens with one attached hydrogen (secondary N) is 1. The Labute approximate surface area is 158 Å². The molecule has 2 aromatic carbocycles. The molecule has 0 aliphatic rings. The Bertz CT molecular complexity index is 1010. The van der Waals surface area contributed by atoms with Gasteiger partial charge >= 0.3 is 6.18 Å². The number of H-pyrrole nitrogens is 1. The van der Waals surface area contributed by atoms with Crippen LogP contribution in [0, 0.1) is 4.77 Å². The van der Waals surface area contributed by atoms with Crippen LogP contribution in [0.25, 0.3) is 11.4 Å². The molecule has 0 saturated carbocycles. The van der Waals surface area contributed by atoms with Crippen molar-refractivity contribution in [1.82, 2.24) is 14.9 Å². The zero-order chi connectivity index (χ0) is 19.4. The minimum Gasteiger partial charge on any atom is -0.493 e. The maximum atomic E-state index is 12.6. The zero-order valence-electron chi connectivity index (χ0n) is 14.2. The smallest absolute Gasteiger partial charge is 0.416 e. The van der Waals surface area contributed by atoms with Gasteiger partial charge in [-0.05, 0) is 49.0 Å². The summed E-state index contributed by atoms with van der Waals surface area (Å²) in [5.74, 6) is 1.06. The van der Waals surface area contributed by atoms with Gasteiger partial charge in [0.1, 0.15) is 5.75 Å². The van der Waals surface area contributed by atoms with Crippen LogP contribution in [0.1, 0.15) is 18.1 Å². The first-order valence-electron chi connectivity index (χ1n) is 8.01. The van der Waals surface area contributed by atoms with Crippen molar-refractivity contribution < 1.29 is 17.9 Å². The topological polar surface area (TPSA) is 55.2 Å². The third-order valence-electron chi connectivity index (χ3n) is 3.64. The predicted molar refractivity (Wildman–Crippen MR) is 98.5 cm³/mol. The van der Waals surface area contributed by atoms with Crippen molar-refractivity contribution >= 4 is 18.4 Å². The molecular weight excluding hydrogens is 377 g/mol. The van der Waals surface area contributed by atoms with E-state index in [0.29, 0.717) is 29.3 Å². The molecule has 0 radical (unpaired) electrons. The van der Waals surface area contributed by atoms with E-state index >= 15 is 0 Å². The van der Waals surface area contributed by atoms with Crippen molar-refractivity contribution in [1.29, 1.82) is 0 Å². The molecule has 3 aromatic rings. The number of para-hydroxylation sites is 1. The summed E-state index contributed by atoms with van der Waals surface area (Å²) in [5.41, 5.74) is 0.470. The average molecular weight is 392 g/mol. The van der Waals surface area contributed by atoms with Gasteiger partial charge in [-0.15, -0.1) is 0 Å². The zero-order valence-corrected chi connectivity index (χ0v) is 15.0. The highest BCUT2D eigenvalue weighted by Gasteiger charge is 2.29. The lowest BCUT2D eigenvalue weighted by Crippen LogP contribution is -2.04. The first kappa shape index (κ1) is 18.8. The third kappa shape index (κ3) is 4.25. The number of benzene rings is 2. The Kier molecular flexibility index (Phi) is 5.41. The van der Waals surface area contributed by atoms with Crippen LogP contribution >= 0.6 is 12.2 Å². The van der Waals surface area contributed by atoms with Gasteiger partial charge < -0.3 is 4.74 Å². The molecule has 0 fully saturated rings. The molecular formula is C18H15F3N4OS. The number of hydrogen-bond donors (Lipinski definition) is 1. The summed E-state index contributed by atoms with van der Waals surface area (Å²) in [6.07, 6.45) is -2.96. The molecule has 3 rings (SSSR count). The van der Waals surface area contributed by atoms with Crippen LogP contribution in [-0.4, -0.2) is 27.7 Å². The van der Waals surface area contributed by atoms with Crippen LogP contribution in [0.2, 0.25) is 0 Å². The van der Waals surface area contributed by atoms with E-state index < -0.39 is 11.7 Å². The van der Waals surface area contributed by atoms with Crippen molar-refractivity contribution in [3.63, 3.8) is 0 Å². The Morgan fingerprint density at radius 3 is 2.56 bits per heavy atom. The molecule has 0 saturated heterocycles. The molecule has 140 valence electrons. The van der Waals surface area contributed by atoms with E-state index in [2.05, 4.69) is 15.3 Å². The monoisotopic (exact) mass is 392 g/mol. The number of alkyl halides is 3. The van der Waals surface area contributed by atoms with Gasteiger partial charge in [0, 0.05) is 0 Å². The van der Waals surface area contributed by atoms with E-state index in [9.17, 15) is 13.2 Å². The highest BCUT2D eigenvalue weighted by Crippen LogP contribution is 2.29. The van der Waals surface area contributed by atoms with Crippen LogP contribution in [0.3, 0.4) is 0 Å². The molecule has 0 bridgehead atoms. The lowest BCUT2D eigenvalue weighted by atomic mass is 10.1. The van der Waals surface area contributed by atoms with Crippen LogP contribution in [0.15, 0.2) is 53.6 Å². The second kappa shape index (κ2) is 7.75. The fourth-order valence-electron chi connectivity index (χ4n) is 2.39. The summed E-state index contributed by atoms with van der Waals surface area (Å²) in [7, 11) is 0. The lowest BCUT2D eigenvalue weighted by molar-refractivity contribution is -0.137. The molecule has 1 N–H and O–H groups in total. The molecule has 0 spiro atoms. The molecule has 27 heavy (non-hydrogen) atoms. The number of aromatic amines is 1. The van der Waals surface area contributed by atoms with Gasteiger partial charge in [-0.25, -0.2) is 5.10 Å². The fourth-order valence-corrected chi connectivity index (χ4v) is 2.57. The Morgan fingerprint density at radius 1 is 1.19 bits per heavy atom. The number of ether oxygens (including phenoxy) is 1. The quantitative estimate of drug-likeness (QED) is 0.496. The van der Waals surface area contributed by atoms with E-state index in [1.165, 1.54) is 23.0 Å². The van der Waals surface area contributed by atoms with Crippen LogP contribution in [-0.2, 0) is 6.18 Å². The molecule has 0 aliphatic heterocycles. The normalized spacial score (nSPS) is 11.9. The van der Waals surface area contributed by atoms with Gasteiger partial charge in [0.15, 0.2) is 5.82 Å². The van der Waals surface area contributed by atoms with E-state index in [0.717, 1.165) is 12.1 Å². The molecule has 0 unspecified atom stereocenters. The maximum absolute atomic E-state index is 12.6. The van der Waals surface area contributed by atoms with Crippen LogP contribution < -0.4 is 4.74 Å². The Morgan fingerprint density at radius 2 is 1.89 bits per heavy atom. The average Bonchev–Trinajstić information content (AvgIpc) is 3.01. The second-order valence-electron chi connectivity index (χ2n) is 5.46. The summed E-state index contributed by atoms with van der Waals surface area (Å²) >= 11 is 5.21. The molecule has 9 heteroatoms. The summed E-state index contributed by atoms with van der Waals surface area (Å²) in [6.45, 7) is 2.35. The highest BCUT2D eigenvalue weighted by molar-refractivity contribution is 7.71. The minimum absolute atomic E-state index is 0.250. The van der Waals surface area contributed by atoms with Crippen LogP contribution in [0.4, 0.5) is 13.2 Å². The van der Waals surface area contributed by atoms with Gasteiger partial charge in [0.2, 0.25) is 4.77 Å². The van der Waals surface area contributed by atoms with E-state index in [4.69, 9.17) is 17.0 Å². The van der Waals surface area contributed by atoms with E-state index in [-0.39, 0.29) is 4.77 Å². The van der Waals surface area contributed by atoms with E-state index in [1.807, 2.05) is 25.1 Å². The van der Waals surface area contributed by atoms with Crippen molar-refractivity contribution in [2.75, 3.05) is 6.61 Å². The van der Waals surface area contributed by atoms with Crippen molar-refractivity contribution in [3.8, 4) is 17.1 Å². The van der Waals surface area contributed by atoms with Crippen molar-refractivity contribution in [2.45, 2.75) is 13.1 Å². The number of nitrogens with zero attached hydrogens (tertiary/aromatic N) is 3. The van der Waals surface area contributed by atoms with Gasteiger partial charge in [-0.3, -0.25) is 0 Å². The number of halogens is 3. The van der Waals surface area contributed by atoms with E-state index in [1.54, 1.807) is 6.07 Å². The van der Waals surface area contributed by atoms with Gasteiger partial charge in [-0.1, -0.05) is 24.3 Å². The first-order chi connectivity index (χ1) is 12.9. The fraction of sp³-hybridized carbons (Fsp3) is 0.167. The third-order valence-corrected chi connectivity index (χ3v) is 3.90. The summed E-state index contributed by atoms with van der Waals surface area (Å²) < 4.78 is 45.2. The molecule has 0 amide bonds. The predicted octanol–water partition coefficient (Wildman–Crippen LogP) is 4.91. The maximum Gasteiger partial charge on any atom is 0.416 e. The number of aromatic nitrogens is 3. The SMILES string of the molecule is CCOc1ccccc1-c1n[nH]c(=S)n1/N=C\c1ccc(C(F)(F)F)cc1. The summed E-state index contributed by atoms with van der Waals surface area (Å²) in [4.78, 5) is 0. The van der Waals surface area contributed by atoms with Gasteiger partial charge in [0.05, 0.1) is 23.9 Å². The molecule has 5 nitrogen and oxygen atoms in total. The Hall–Kier alpha value is -2.94. The lowest BCUT2D eigenvalue weighted by Gasteiger charge is -2.09.